The lowest BCUT2D eigenvalue weighted by Crippen LogP contribution is -2.55. The Morgan fingerprint density at radius 3 is 2.69 bits per heavy atom. The zero-order chi connectivity index (χ0) is 22.5. The van der Waals surface area contributed by atoms with Crippen LogP contribution in [-0.2, 0) is 6.54 Å². The predicted molar refractivity (Wildman–Crippen MR) is 128 cm³/mol. The Morgan fingerprint density at radius 2 is 2.00 bits per heavy atom. The molecule has 2 atom stereocenters. The van der Waals surface area contributed by atoms with Gasteiger partial charge in [0.2, 0.25) is 0 Å². The number of benzene rings is 1. The van der Waals surface area contributed by atoms with Crippen molar-refractivity contribution in [2.45, 2.75) is 76.4 Å². The van der Waals surface area contributed by atoms with Gasteiger partial charge in [0.05, 0.1) is 23.2 Å². The Morgan fingerprint density at radius 1 is 1.19 bits per heavy atom. The van der Waals surface area contributed by atoms with E-state index in [1.54, 1.807) is 12.4 Å². The summed E-state index contributed by atoms with van der Waals surface area (Å²) in [6.45, 7) is 5.84. The predicted octanol–water partition coefficient (Wildman–Crippen LogP) is 5.06. The number of piperidine rings is 1. The monoisotopic (exact) mass is 458 g/mol. The first kappa shape index (κ1) is 21.9. The second kappa shape index (κ2) is 8.17. The van der Waals surface area contributed by atoms with Crippen LogP contribution in [0.2, 0.25) is 0 Å². The molecule has 0 amide bonds. The van der Waals surface area contributed by atoms with Gasteiger partial charge in [-0.1, -0.05) is 18.6 Å². The van der Waals surface area contributed by atoms with Crippen molar-refractivity contribution in [3.63, 3.8) is 0 Å². The van der Waals surface area contributed by atoms with Gasteiger partial charge in [-0.25, -0.2) is 9.29 Å². The Hall–Kier alpha value is -1.87. The number of hydrogen-bond acceptors (Lipinski definition) is 7. The summed E-state index contributed by atoms with van der Waals surface area (Å²) in [6, 6.07) is 6.37. The van der Waals surface area contributed by atoms with Crippen molar-refractivity contribution < 1.29 is 14.2 Å². The molecule has 1 aromatic carbocycles. The minimum atomic E-state index is -2.90. The number of aromatic nitrogens is 2. The molecule has 2 saturated heterocycles. The van der Waals surface area contributed by atoms with Gasteiger partial charge in [-0.2, -0.15) is 0 Å². The molecule has 3 heterocycles. The molecule has 7 nitrogen and oxygen atoms in total. The highest BCUT2D eigenvalue weighted by molar-refractivity contribution is 8.25. The van der Waals surface area contributed by atoms with Gasteiger partial charge in [0.25, 0.3) is 0 Å². The van der Waals surface area contributed by atoms with Crippen LogP contribution < -0.4 is 4.31 Å². The van der Waals surface area contributed by atoms with Crippen molar-refractivity contribution in [2.75, 3.05) is 16.6 Å². The molecule has 1 aromatic heterocycles. The second-order valence-corrected chi connectivity index (χ2v) is 12.0. The van der Waals surface area contributed by atoms with E-state index in [9.17, 15) is 14.2 Å². The molecule has 3 fully saturated rings. The van der Waals surface area contributed by atoms with Gasteiger partial charge in [-0.3, -0.25) is 19.0 Å². The Labute approximate surface area is 192 Å². The van der Waals surface area contributed by atoms with Gasteiger partial charge in [-0.05, 0) is 69.1 Å². The first-order valence-corrected chi connectivity index (χ1v) is 13.4. The maximum absolute atomic E-state index is 10.9. The van der Waals surface area contributed by atoms with Crippen molar-refractivity contribution in [1.82, 2.24) is 14.9 Å². The molecule has 1 spiro atoms. The summed E-state index contributed by atoms with van der Waals surface area (Å²) < 4.78 is 23.6. The maximum Gasteiger partial charge on any atom is 0.166 e. The smallest absolute Gasteiger partial charge is 0.166 e. The molecule has 32 heavy (non-hydrogen) atoms. The Kier molecular flexibility index (Phi) is 5.60. The van der Waals surface area contributed by atoms with Gasteiger partial charge in [-0.15, -0.1) is 10.8 Å². The number of likely N-dealkylation sites (tertiary alicyclic amines) is 1. The van der Waals surface area contributed by atoms with Crippen LogP contribution in [0.5, 0.6) is 5.75 Å². The number of nitrogens with zero attached hydrogens (tertiary/aromatic N) is 4. The number of phenolic OH excluding ortho intramolecular Hbond substituents is 1. The van der Waals surface area contributed by atoms with Crippen molar-refractivity contribution >= 4 is 16.6 Å². The third kappa shape index (κ3) is 3.87. The Balaban J connectivity index is 1.34. The maximum atomic E-state index is 10.9. The lowest BCUT2D eigenvalue weighted by molar-refractivity contribution is 0.102. The average molecular weight is 459 g/mol. The lowest BCUT2D eigenvalue weighted by Gasteiger charge is -2.51. The van der Waals surface area contributed by atoms with Gasteiger partial charge < -0.3 is 5.11 Å². The highest BCUT2D eigenvalue weighted by Gasteiger charge is 2.53. The molecular weight excluding hydrogens is 424 g/mol. The number of hydrogen-bond donors (Lipinski definition) is 3. The van der Waals surface area contributed by atoms with Crippen molar-refractivity contribution in [1.29, 1.82) is 0 Å². The molecule has 1 aliphatic carbocycles. The fraction of sp³-hybridized carbons (Fsp3) is 0.583. The number of phenols is 1. The molecule has 1 saturated carbocycles. The first-order chi connectivity index (χ1) is 15.3. The van der Waals surface area contributed by atoms with Crippen LogP contribution >= 0.6 is 10.8 Å². The minimum absolute atomic E-state index is 0.290. The number of rotatable bonds is 4. The van der Waals surface area contributed by atoms with E-state index in [1.165, 1.54) is 24.8 Å². The molecule has 0 unspecified atom stereocenters. The van der Waals surface area contributed by atoms with E-state index in [-0.39, 0.29) is 5.54 Å². The van der Waals surface area contributed by atoms with Crippen molar-refractivity contribution in [2.24, 2.45) is 0 Å². The summed E-state index contributed by atoms with van der Waals surface area (Å²) >= 11 is 0. The van der Waals surface area contributed by atoms with Gasteiger partial charge in [0.1, 0.15) is 5.75 Å². The van der Waals surface area contributed by atoms with E-state index in [2.05, 4.69) is 27.9 Å². The lowest BCUT2D eigenvalue weighted by atomic mass is 9.79. The van der Waals surface area contributed by atoms with Crippen LogP contribution in [0.4, 0.5) is 5.82 Å². The number of aromatic hydroxyl groups is 1. The highest BCUT2D eigenvalue weighted by Crippen LogP contribution is 2.60. The molecule has 3 aliphatic rings. The fourth-order valence-corrected chi connectivity index (χ4v) is 7.85. The van der Waals surface area contributed by atoms with E-state index in [4.69, 9.17) is 0 Å². The summed E-state index contributed by atoms with van der Waals surface area (Å²) in [5.74, 6) is 1.89. The zero-order valence-corrected chi connectivity index (χ0v) is 19.8. The largest absolute Gasteiger partial charge is 0.508 e. The average Bonchev–Trinajstić information content (AvgIpc) is 2.95. The quantitative estimate of drug-likeness (QED) is 0.590. The van der Waals surface area contributed by atoms with Crippen LogP contribution in [0.25, 0.3) is 0 Å². The summed E-state index contributed by atoms with van der Waals surface area (Å²) in [4.78, 5) is 11.3. The van der Waals surface area contributed by atoms with Crippen molar-refractivity contribution in [3.05, 3.63) is 47.4 Å². The normalized spacial score (nSPS) is 29.2. The second-order valence-electron chi connectivity index (χ2n) is 9.92. The molecule has 0 radical (unpaired) electrons. The van der Waals surface area contributed by atoms with E-state index >= 15 is 0 Å². The summed E-state index contributed by atoms with van der Waals surface area (Å²) in [5, 5.41) is 10.3. The van der Waals surface area contributed by atoms with Crippen LogP contribution in [-0.4, -0.2) is 53.0 Å². The summed E-state index contributed by atoms with van der Waals surface area (Å²) in [5.41, 5.74) is 2.82. The summed E-state index contributed by atoms with van der Waals surface area (Å²) in [6.07, 6.45) is 9.41. The first-order valence-electron chi connectivity index (χ1n) is 11.7. The number of aryl methyl sites for hydroxylation is 1. The van der Waals surface area contributed by atoms with E-state index in [1.807, 2.05) is 23.4 Å². The standard InChI is InChI=1S/C24H34N4O3S/c1-17-14-25-15-23(26-17)28-24(9-11-32(28,30)31)8-10-27(18(2)13-24)16-19-6-7-22(29)21(12-19)20-4-3-5-20/h6-7,12,14-15,18,20,29-31H,3-5,8-11,13,16H2,1-2H3/t18-,24-/m0/s1. The van der Waals surface area contributed by atoms with E-state index < -0.39 is 10.8 Å². The Bertz CT molecular complexity index is 999. The molecule has 2 aromatic rings. The molecule has 5 rings (SSSR count). The summed E-state index contributed by atoms with van der Waals surface area (Å²) in [7, 11) is -2.90. The van der Waals surface area contributed by atoms with Crippen LogP contribution in [0.15, 0.2) is 30.6 Å². The van der Waals surface area contributed by atoms with E-state index in [0.29, 0.717) is 29.3 Å². The molecule has 174 valence electrons. The SMILES string of the molecule is Cc1cncc(N2[C@@]3(CCN(Cc4ccc(O)c(C5CCC5)c4)[C@@H](C)C3)CCS2(O)O)n1. The van der Waals surface area contributed by atoms with Crippen LogP contribution in [0, 0.1) is 6.92 Å². The number of anilines is 1. The highest BCUT2D eigenvalue weighted by atomic mass is 32.3. The van der Waals surface area contributed by atoms with Gasteiger partial charge in [0.15, 0.2) is 5.82 Å². The van der Waals surface area contributed by atoms with Crippen LogP contribution in [0.1, 0.15) is 68.2 Å². The third-order valence-corrected chi connectivity index (χ3v) is 9.61. The fourth-order valence-electron chi connectivity index (χ4n) is 5.75. The molecule has 0 bridgehead atoms. The molecular formula is C24H34N4O3S. The topological polar surface area (TPSA) is 93.0 Å². The van der Waals surface area contributed by atoms with Gasteiger partial charge in [0, 0.05) is 25.3 Å². The van der Waals surface area contributed by atoms with E-state index in [0.717, 1.165) is 43.6 Å². The van der Waals surface area contributed by atoms with Gasteiger partial charge >= 0.3 is 0 Å². The molecule has 8 heteroatoms. The molecule has 2 aliphatic heterocycles. The molecule has 3 N–H and O–H groups in total. The zero-order valence-electron chi connectivity index (χ0n) is 18.9. The third-order valence-electron chi connectivity index (χ3n) is 7.70. The minimum Gasteiger partial charge on any atom is -0.508 e. The van der Waals surface area contributed by atoms with Crippen LogP contribution in [0.3, 0.4) is 0 Å². The van der Waals surface area contributed by atoms with Crippen molar-refractivity contribution in [3.8, 4) is 5.75 Å².